The van der Waals surface area contributed by atoms with Crippen molar-refractivity contribution in [3.05, 3.63) is 34.5 Å². The van der Waals surface area contributed by atoms with E-state index in [2.05, 4.69) is 20.7 Å². The number of rotatable bonds is 8. The molecular weight excluding hydrogens is 510 g/mol. The molecule has 0 bridgehead atoms. The first kappa shape index (κ1) is 24.1. The van der Waals surface area contributed by atoms with Crippen molar-refractivity contribution in [1.82, 2.24) is 20.1 Å². The highest BCUT2D eigenvalue weighted by molar-refractivity contribution is 7.80. The summed E-state index contributed by atoms with van der Waals surface area (Å²) in [6.45, 7) is 0.667. The zero-order valence-electron chi connectivity index (χ0n) is 20.5. The molecule has 3 aliphatic carbocycles. The maximum absolute atomic E-state index is 13.4. The number of carbonyl (C=O) groups excluding carboxylic acids is 2. The lowest BCUT2D eigenvalue weighted by Gasteiger charge is -2.34. The van der Waals surface area contributed by atoms with Crippen LogP contribution in [0.3, 0.4) is 0 Å². The predicted octanol–water partition coefficient (Wildman–Crippen LogP) is 3.23. The SMILES string of the molecule is Cn1nc(-c2ncco2)cc1N(C(N)=S)[C@H]1CCc2sc(NC(=O)C3CC3)c(C(=O)NCC3CC3)c2C1. The number of nitrogens with one attached hydrogen (secondary N) is 2. The maximum Gasteiger partial charge on any atom is 0.254 e. The number of aryl methyl sites for hydroxylation is 2. The van der Waals surface area contributed by atoms with E-state index >= 15 is 0 Å². The molecule has 3 aromatic rings. The number of thiophene rings is 1. The van der Waals surface area contributed by atoms with Gasteiger partial charge in [0.2, 0.25) is 11.8 Å². The minimum atomic E-state index is -0.121. The standard InChI is InChI=1S/C25H29N7O3S2/c1-31-19(11-17(30-31)23-27-8-9-35-23)32(25(26)36)15-6-7-18-16(10-15)20(22(34)28-12-13-2-3-13)24(37-18)29-21(33)14-4-5-14/h8-9,11,13-15H,2-7,10,12H2,1H3,(H2,26,36)(H,28,34)(H,29,33)/t15-/m0/s1. The number of amides is 2. The predicted molar refractivity (Wildman–Crippen MR) is 145 cm³/mol. The molecule has 3 heterocycles. The molecule has 4 N–H and O–H groups in total. The Morgan fingerprint density at radius 2 is 2.11 bits per heavy atom. The summed E-state index contributed by atoms with van der Waals surface area (Å²) in [5, 5.41) is 11.6. The fourth-order valence-corrected chi connectivity index (χ4v) is 6.43. The Balaban J connectivity index is 1.31. The van der Waals surface area contributed by atoms with E-state index in [1.54, 1.807) is 10.9 Å². The third kappa shape index (κ3) is 4.87. The summed E-state index contributed by atoms with van der Waals surface area (Å²) in [5.74, 6) is 1.64. The third-order valence-electron chi connectivity index (χ3n) is 7.25. The van der Waals surface area contributed by atoms with Crippen molar-refractivity contribution in [3.63, 3.8) is 0 Å². The van der Waals surface area contributed by atoms with Crippen molar-refractivity contribution in [2.45, 2.75) is 51.0 Å². The number of thiocarbonyl (C=S) groups is 1. The van der Waals surface area contributed by atoms with Gasteiger partial charge in [-0.05, 0) is 68.6 Å². The monoisotopic (exact) mass is 539 g/mol. The first-order valence-electron chi connectivity index (χ1n) is 12.6. The maximum atomic E-state index is 13.4. The highest BCUT2D eigenvalue weighted by atomic mass is 32.1. The van der Waals surface area contributed by atoms with Gasteiger partial charge in [-0.2, -0.15) is 5.10 Å². The molecule has 3 aliphatic rings. The fourth-order valence-electron chi connectivity index (χ4n) is 4.94. The van der Waals surface area contributed by atoms with Crippen LogP contribution in [0, 0.1) is 11.8 Å². The number of fused-ring (bicyclic) bond motifs is 1. The highest BCUT2D eigenvalue weighted by Gasteiger charge is 2.36. The van der Waals surface area contributed by atoms with Gasteiger partial charge in [0.15, 0.2) is 5.11 Å². The van der Waals surface area contributed by atoms with Crippen molar-refractivity contribution < 1.29 is 14.0 Å². The number of hydrogen-bond acceptors (Lipinski definition) is 7. The van der Waals surface area contributed by atoms with E-state index in [1.165, 1.54) is 17.6 Å². The summed E-state index contributed by atoms with van der Waals surface area (Å²) in [7, 11) is 1.83. The van der Waals surface area contributed by atoms with E-state index in [9.17, 15) is 9.59 Å². The quantitative estimate of drug-likeness (QED) is 0.372. The van der Waals surface area contributed by atoms with Crippen LogP contribution < -0.4 is 21.3 Å². The first-order valence-corrected chi connectivity index (χ1v) is 13.9. The Morgan fingerprint density at radius 1 is 1.30 bits per heavy atom. The van der Waals surface area contributed by atoms with E-state index in [-0.39, 0.29) is 28.9 Å². The lowest BCUT2D eigenvalue weighted by atomic mass is 9.90. The van der Waals surface area contributed by atoms with Gasteiger partial charge in [0.05, 0.1) is 11.8 Å². The molecule has 0 spiro atoms. The van der Waals surface area contributed by atoms with Gasteiger partial charge in [-0.25, -0.2) is 4.98 Å². The molecule has 6 rings (SSSR count). The van der Waals surface area contributed by atoms with Crippen molar-refractivity contribution in [2.24, 2.45) is 24.6 Å². The summed E-state index contributed by atoms with van der Waals surface area (Å²) in [5.41, 5.74) is 8.40. The van der Waals surface area contributed by atoms with E-state index in [4.69, 9.17) is 22.4 Å². The number of carbonyl (C=O) groups is 2. The number of nitrogens with zero attached hydrogens (tertiary/aromatic N) is 4. The molecule has 0 saturated heterocycles. The molecule has 12 heteroatoms. The van der Waals surface area contributed by atoms with Crippen LogP contribution in [0.15, 0.2) is 22.9 Å². The van der Waals surface area contributed by atoms with Gasteiger partial charge < -0.3 is 25.7 Å². The molecule has 0 aliphatic heterocycles. The van der Waals surface area contributed by atoms with Gasteiger partial charge in [0, 0.05) is 36.5 Å². The van der Waals surface area contributed by atoms with E-state index < -0.39 is 0 Å². The average Bonchev–Trinajstić information content (AvgIpc) is 3.76. The van der Waals surface area contributed by atoms with E-state index in [0.717, 1.165) is 54.8 Å². The van der Waals surface area contributed by atoms with E-state index in [0.29, 0.717) is 41.0 Å². The largest absolute Gasteiger partial charge is 0.443 e. The van der Waals surface area contributed by atoms with Crippen molar-refractivity contribution in [3.8, 4) is 11.6 Å². The lowest BCUT2D eigenvalue weighted by Crippen LogP contribution is -2.47. The van der Waals surface area contributed by atoms with Crippen LogP contribution in [0.1, 0.15) is 52.9 Å². The summed E-state index contributed by atoms with van der Waals surface area (Å²) in [6.07, 6.45) is 9.33. The number of oxazole rings is 1. The molecule has 2 amide bonds. The molecule has 10 nitrogen and oxygen atoms in total. The Labute approximate surface area is 223 Å². The van der Waals surface area contributed by atoms with Gasteiger partial charge in [-0.3, -0.25) is 14.3 Å². The number of nitrogens with two attached hydrogens (primary N) is 1. The number of anilines is 2. The second-order valence-electron chi connectivity index (χ2n) is 10.1. The molecule has 0 radical (unpaired) electrons. The van der Waals surface area contributed by atoms with Gasteiger partial charge >= 0.3 is 0 Å². The van der Waals surface area contributed by atoms with Gasteiger partial charge in [0.25, 0.3) is 5.91 Å². The molecule has 194 valence electrons. The van der Waals surface area contributed by atoms with Crippen LogP contribution in [0.2, 0.25) is 0 Å². The molecule has 1 atom stereocenters. The first-order chi connectivity index (χ1) is 17.9. The second-order valence-corrected chi connectivity index (χ2v) is 11.6. The Morgan fingerprint density at radius 3 is 2.78 bits per heavy atom. The molecular formula is C25H29N7O3S2. The summed E-state index contributed by atoms with van der Waals surface area (Å²) in [6, 6.07) is 1.79. The molecule has 2 fully saturated rings. The van der Waals surface area contributed by atoms with Crippen LogP contribution in [-0.2, 0) is 24.7 Å². The zero-order chi connectivity index (χ0) is 25.7. The van der Waals surface area contributed by atoms with Gasteiger partial charge in [-0.15, -0.1) is 11.3 Å². The number of hydrogen-bond donors (Lipinski definition) is 3. The third-order valence-corrected chi connectivity index (χ3v) is 8.66. The Hall–Kier alpha value is -3.25. The van der Waals surface area contributed by atoms with Crippen molar-refractivity contribution in [2.75, 3.05) is 16.8 Å². The van der Waals surface area contributed by atoms with Crippen LogP contribution in [0.4, 0.5) is 10.8 Å². The smallest absolute Gasteiger partial charge is 0.254 e. The summed E-state index contributed by atoms with van der Waals surface area (Å²) >= 11 is 7.02. The van der Waals surface area contributed by atoms with Gasteiger partial charge in [-0.1, -0.05) is 0 Å². The normalized spacial score (nSPS) is 18.8. The molecule has 0 unspecified atom stereocenters. The summed E-state index contributed by atoms with van der Waals surface area (Å²) < 4.78 is 7.13. The Kier molecular flexibility index (Phi) is 6.23. The van der Waals surface area contributed by atoms with Crippen molar-refractivity contribution >= 4 is 51.3 Å². The van der Waals surface area contributed by atoms with Crippen molar-refractivity contribution in [1.29, 1.82) is 0 Å². The molecule has 3 aromatic heterocycles. The van der Waals surface area contributed by atoms with Crippen LogP contribution in [0.5, 0.6) is 0 Å². The minimum absolute atomic E-state index is 0.00472. The minimum Gasteiger partial charge on any atom is -0.443 e. The highest BCUT2D eigenvalue weighted by Crippen LogP contribution is 2.41. The van der Waals surface area contributed by atoms with Crippen LogP contribution in [0.25, 0.3) is 11.6 Å². The molecule has 2 saturated carbocycles. The Bertz CT molecular complexity index is 1350. The van der Waals surface area contributed by atoms with E-state index in [1.807, 2.05) is 18.0 Å². The summed E-state index contributed by atoms with van der Waals surface area (Å²) in [4.78, 5) is 33.3. The zero-order valence-corrected chi connectivity index (χ0v) is 22.2. The molecule has 37 heavy (non-hydrogen) atoms. The number of aromatic nitrogens is 3. The molecule has 0 aromatic carbocycles. The van der Waals surface area contributed by atoms with Crippen LogP contribution in [-0.4, -0.2) is 44.3 Å². The van der Waals surface area contributed by atoms with Crippen LogP contribution >= 0.6 is 23.6 Å². The topological polar surface area (TPSA) is 131 Å². The average molecular weight is 540 g/mol. The van der Waals surface area contributed by atoms with Gasteiger partial charge in [0.1, 0.15) is 22.8 Å². The fraction of sp³-hybridized carbons (Fsp3) is 0.480. The lowest BCUT2D eigenvalue weighted by molar-refractivity contribution is -0.117. The second kappa shape index (κ2) is 9.56.